The van der Waals surface area contributed by atoms with E-state index in [4.69, 9.17) is 0 Å². The van der Waals surface area contributed by atoms with Crippen molar-refractivity contribution < 1.29 is 5.11 Å². The van der Waals surface area contributed by atoms with Gasteiger partial charge in [0.15, 0.2) is 0 Å². The van der Waals surface area contributed by atoms with Gasteiger partial charge in [-0.3, -0.25) is 4.90 Å². The second kappa shape index (κ2) is 7.14. The largest absolute Gasteiger partial charge is 0.389 e. The molecule has 1 aliphatic rings. The van der Waals surface area contributed by atoms with Crippen LogP contribution in [0.5, 0.6) is 0 Å². The lowest BCUT2D eigenvalue weighted by Gasteiger charge is -2.29. The van der Waals surface area contributed by atoms with E-state index in [2.05, 4.69) is 30.8 Å². The normalized spacial score (nSPS) is 18.8. The predicted octanol–water partition coefficient (Wildman–Crippen LogP) is 1.78. The van der Waals surface area contributed by atoms with Crippen molar-refractivity contribution in [3.63, 3.8) is 0 Å². The van der Waals surface area contributed by atoms with E-state index in [1.54, 1.807) is 0 Å². The van der Waals surface area contributed by atoms with E-state index >= 15 is 0 Å². The summed E-state index contributed by atoms with van der Waals surface area (Å²) in [6.45, 7) is 9.83. The molecule has 2 N–H and O–H groups in total. The lowest BCUT2D eigenvalue weighted by molar-refractivity contribution is 0.0185. The van der Waals surface area contributed by atoms with Gasteiger partial charge in [0.1, 0.15) is 0 Å². The molecule has 0 unspecified atom stereocenters. The van der Waals surface area contributed by atoms with E-state index in [1.807, 2.05) is 0 Å². The van der Waals surface area contributed by atoms with Gasteiger partial charge in [-0.05, 0) is 38.4 Å². The molecule has 1 rings (SSSR count). The summed E-state index contributed by atoms with van der Waals surface area (Å²) in [7, 11) is 2.07. The summed E-state index contributed by atoms with van der Waals surface area (Å²) in [5, 5.41) is 13.7. The molecule has 1 fully saturated rings. The van der Waals surface area contributed by atoms with E-state index in [-0.39, 0.29) is 0 Å². The smallest absolute Gasteiger partial charge is 0.0774 e. The van der Waals surface area contributed by atoms with Gasteiger partial charge in [0.05, 0.1) is 5.60 Å². The average Bonchev–Trinajstić information content (AvgIpc) is 2.64. The van der Waals surface area contributed by atoms with Gasteiger partial charge >= 0.3 is 0 Å². The summed E-state index contributed by atoms with van der Waals surface area (Å²) in [5.41, 5.74) is 0.758. The molecule has 0 saturated heterocycles. The molecule has 0 aromatic carbocycles. The first-order valence-electron chi connectivity index (χ1n) is 6.84. The highest BCUT2D eigenvalue weighted by Crippen LogP contribution is 2.29. The maximum Gasteiger partial charge on any atom is 0.0774 e. The Morgan fingerprint density at radius 1 is 1.41 bits per heavy atom. The van der Waals surface area contributed by atoms with Gasteiger partial charge in [0.2, 0.25) is 0 Å². The van der Waals surface area contributed by atoms with Gasteiger partial charge in [0.25, 0.3) is 0 Å². The van der Waals surface area contributed by atoms with Crippen LogP contribution in [0.25, 0.3) is 0 Å². The zero-order chi connectivity index (χ0) is 12.7. The van der Waals surface area contributed by atoms with Crippen LogP contribution in [0.15, 0.2) is 12.2 Å². The topological polar surface area (TPSA) is 35.5 Å². The molecule has 100 valence electrons. The van der Waals surface area contributed by atoms with Gasteiger partial charge in [-0.2, -0.15) is 0 Å². The number of likely N-dealkylation sites (N-methyl/N-ethyl adjacent to an activating group) is 1. The van der Waals surface area contributed by atoms with Crippen molar-refractivity contribution in [3.8, 4) is 0 Å². The first-order valence-corrected chi connectivity index (χ1v) is 6.84. The lowest BCUT2D eigenvalue weighted by Crippen LogP contribution is -2.40. The molecule has 0 radical (unpaired) electrons. The molecule has 0 aromatic heterocycles. The number of rotatable bonds is 8. The van der Waals surface area contributed by atoms with E-state index in [0.717, 1.165) is 45.4 Å². The second-order valence-corrected chi connectivity index (χ2v) is 5.53. The van der Waals surface area contributed by atoms with Crippen LogP contribution in [0.3, 0.4) is 0 Å². The highest BCUT2D eigenvalue weighted by Gasteiger charge is 2.31. The second-order valence-electron chi connectivity index (χ2n) is 5.53. The Morgan fingerprint density at radius 3 is 2.65 bits per heavy atom. The number of hydrogen-bond donors (Lipinski definition) is 2. The minimum Gasteiger partial charge on any atom is -0.389 e. The zero-order valence-electron chi connectivity index (χ0n) is 11.5. The Balaban J connectivity index is 2.19. The summed E-state index contributed by atoms with van der Waals surface area (Å²) in [5.74, 6) is 0. The van der Waals surface area contributed by atoms with Crippen LogP contribution in [-0.4, -0.2) is 48.8 Å². The van der Waals surface area contributed by atoms with Crippen molar-refractivity contribution in [2.75, 3.05) is 33.2 Å². The molecular weight excluding hydrogens is 212 g/mol. The van der Waals surface area contributed by atoms with E-state index < -0.39 is 5.60 Å². The van der Waals surface area contributed by atoms with E-state index in [0.29, 0.717) is 0 Å². The van der Waals surface area contributed by atoms with Crippen molar-refractivity contribution >= 4 is 0 Å². The third kappa shape index (κ3) is 5.66. The quantitative estimate of drug-likeness (QED) is 0.501. The van der Waals surface area contributed by atoms with Gasteiger partial charge in [-0.25, -0.2) is 0 Å². The Morgan fingerprint density at radius 2 is 2.06 bits per heavy atom. The van der Waals surface area contributed by atoms with Crippen LogP contribution in [0, 0.1) is 0 Å². The number of aliphatic hydroxyl groups is 1. The van der Waals surface area contributed by atoms with E-state index in [9.17, 15) is 5.11 Å². The summed E-state index contributed by atoms with van der Waals surface area (Å²) in [4.78, 5) is 2.20. The molecule has 3 heteroatoms. The molecule has 0 aromatic rings. The van der Waals surface area contributed by atoms with Gasteiger partial charge in [0, 0.05) is 19.6 Å². The summed E-state index contributed by atoms with van der Waals surface area (Å²) in [6.07, 6.45) is 5.41. The first kappa shape index (κ1) is 14.7. The molecule has 1 aliphatic carbocycles. The fraction of sp³-hybridized carbons (Fsp3) is 0.857. The summed E-state index contributed by atoms with van der Waals surface area (Å²) in [6, 6.07) is 0. The average molecular weight is 240 g/mol. The first-order chi connectivity index (χ1) is 8.06. The maximum atomic E-state index is 10.3. The number of hydrogen-bond acceptors (Lipinski definition) is 3. The van der Waals surface area contributed by atoms with Crippen molar-refractivity contribution in [1.29, 1.82) is 0 Å². The monoisotopic (exact) mass is 240 g/mol. The lowest BCUT2D eigenvalue weighted by atomic mass is 10.0. The minimum atomic E-state index is -0.439. The molecule has 0 amide bonds. The highest BCUT2D eigenvalue weighted by molar-refractivity contribution is 5.00. The summed E-state index contributed by atoms with van der Waals surface area (Å²) >= 11 is 0. The van der Waals surface area contributed by atoms with E-state index in [1.165, 1.54) is 18.4 Å². The van der Waals surface area contributed by atoms with Crippen LogP contribution in [0.1, 0.15) is 39.0 Å². The minimum absolute atomic E-state index is 0.439. The number of nitrogens with one attached hydrogen (secondary N) is 1. The molecule has 3 nitrogen and oxygen atoms in total. The van der Waals surface area contributed by atoms with Crippen LogP contribution < -0.4 is 5.32 Å². The van der Waals surface area contributed by atoms with Gasteiger partial charge in [-0.15, -0.1) is 0 Å². The fourth-order valence-electron chi connectivity index (χ4n) is 2.63. The van der Waals surface area contributed by atoms with Crippen LogP contribution in [-0.2, 0) is 0 Å². The molecule has 0 atom stereocenters. The van der Waals surface area contributed by atoms with Gasteiger partial charge in [-0.1, -0.05) is 26.3 Å². The van der Waals surface area contributed by atoms with Crippen molar-refractivity contribution in [2.45, 2.75) is 44.6 Å². The molecule has 17 heavy (non-hydrogen) atoms. The van der Waals surface area contributed by atoms with Gasteiger partial charge < -0.3 is 10.4 Å². The Bertz CT molecular complexity index is 234. The Hall–Kier alpha value is -0.380. The standard InChI is InChI=1S/C14H28N2O/c1-4-9-15-10-13(2)11-16(3)12-14(17)7-5-6-8-14/h15,17H,2,4-12H2,1,3H3. The third-order valence-electron chi connectivity index (χ3n) is 3.39. The Labute approximate surface area is 106 Å². The third-order valence-corrected chi connectivity index (χ3v) is 3.39. The highest BCUT2D eigenvalue weighted by atomic mass is 16.3. The van der Waals surface area contributed by atoms with Crippen molar-refractivity contribution in [2.24, 2.45) is 0 Å². The maximum absolute atomic E-state index is 10.3. The summed E-state index contributed by atoms with van der Waals surface area (Å²) < 4.78 is 0. The fourth-order valence-corrected chi connectivity index (χ4v) is 2.63. The molecule has 0 spiro atoms. The Kier molecular flexibility index (Phi) is 6.17. The van der Waals surface area contributed by atoms with Crippen LogP contribution in [0.4, 0.5) is 0 Å². The van der Waals surface area contributed by atoms with Crippen molar-refractivity contribution in [3.05, 3.63) is 12.2 Å². The molecule has 0 bridgehead atoms. The molecule has 0 heterocycles. The molecule has 0 aliphatic heterocycles. The van der Waals surface area contributed by atoms with Crippen LogP contribution >= 0.6 is 0 Å². The van der Waals surface area contributed by atoms with Crippen LogP contribution in [0.2, 0.25) is 0 Å². The molecule has 1 saturated carbocycles. The van der Waals surface area contributed by atoms with Crippen molar-refractivity contribution in [1.82, 2.24) is 10.2 Å². The predicted molar refractivity (Wildman–Crippen MR) is 73.2 cm³/mol. The number of nitrogens with zero attached hydrogens (tertiary/aromatic N) is 1. The zero-order valence-corrected chi connectivity index (χ0v) is 11.5. The SMILES string of the molecule is C=C(CNCCC)CN(C)CC1(O)CCCC1. The molecular formula is C14H28N2O.